The van der Waals surface area contributed by atoms with Crippen LogP contribution in [0.25, 0.3) is 0 Å². The fraction of sp³-hybridized carbons (Fsp3) is 0.222. The second-order valence-electron chi connectivity index (χ2n) is 5.00. The summed E-state index contributed by atoms with van der Waals surface area (Å²) in [6.45, 7) is 3.56. The summed E-state index contributed by atoms with van der Waals surface area (Å²) in [4.78, 5) is 23.3. The van der Waals surface area contributed by atoms with Gasteiger partial charge in [-0.15, -0.1) is 0 Å². The minimum Gasteiger partial charge on any atom is -0.464 e. The Bertz CT molecular complexity index is 654. The minimum atomic E-state index is -0.581. The molecule has 0 fully saturated rings. The molecule has 0 saturated carbocycles. The molecule has 5 nitrogen and oxygen atoms in total. The van der Waals surface area contributed by atoms with Crippen molar-refractivity contribution in [1.82, 2.24) is 0 Å². The lowest BCUT2D eigenvalue weighted by Gasteiger charge is -2.19. The summed E-state index contributed by atoms with van der Waals surface area (Å²) < 4.78 is 5.15. The zero-order valence-electron chi connectivity index (χ0n) is 13.2. The number of amides is 1. The number of nitrogens with one attached hydrogen (secondary N) is 2. The molecule has 1 atom stereocenters. The quantitative estimate of drug-likeness (QED) is 0.803. The van der Waals surface area contributed by atoms with E-state index in [1.165, 1.54) is 6.92 Å². The molecule has 0 radical (unpaired) electrons. The van der Waals surface area contributed by atoms with E-state index in [1.807, 2.05) is 30.3 Å². The number of carbonyl (C=O) groups excluding carboxylic acids is 2. The average Bonchev–Trinajstić information content (AvgIpc) is 2.54. The SMILES string of the molecule is CCOC(=O)[C@H](Nc1ccc(NC(C)=O)cc1)c1ccccc1. The van der Waals surface area contributed by atoms with E-state index in [-0.39, 0.29) is 11.9 Å². The van der Waals surface area contributed by atoms with Crippen molar-refractivity contribution in [3.05, 3.63) is 60.2 Å². The molecule has 0 spiro atoms. The van der Waals surface area contributed by atoms with Gasteiger partial charge in [-0.1, -0.05) is 30.3 Å². The third-order valence-corrected chi connectivity index (χ3v) is 3.17. The Balaban J connectivity index is 2.17. The molecule has 5 heteroatoms. The summed E-state index contributed by atoms with van der Waals surface area (Å²) in [6.07, 6.45) is 0. The molecule has 0 bridgehead atoms. The van der Waals surface area contributed by atoms with Crippen molar-refractivity contribution in [3.63, 3.8) is 0 Å². The number of hydrogen-bond acceptors (Lipinski definition) is 4. The Labute approximate surface area is 135 Å². The maximum absolute atomic E-state index is 12.2. The molecule has 2 N–H and O–H groups in total. The van der Waals surface area contributed by atoms with Gasteiger partial charge in [0.15, 0.2) is 6.04 Å². The molecule has 0 aliphatic carbocycles. The highest BCUT2D eigenvalue weighted by Gasteiger charge is 2.21. The summed E-state index contributed by atoms with van der Waals surface area (Å²) in [5.41, 5.74) is 2.30. The third-order valence-electron chi connectivity index (χ3n) is 3.17. The molecular formula is C18H20N2O3. The molecule has 0 aliphatic heterocycles. The molecule has 0 saturated heterocycles. The van der Waals surface area contributed by atoms with Gasteiger partial charge < -0.3 is 15.4 Å². The van der Waals surface area contributed by atoms with Gasteiger partial charge in [-0.05, 0) is 36.8 Å². The summed E-state index contributed by atoms with van der Waals surface area (Å²) in [7, 11) is 0. The van der Waals surface area contributed by atoms with E-state index >= 15 is 0 Å². The second-order valence-corrected chi connectivity index (χ2v) is 5.00. The molecule has 2 aromatic rings. The van der Waals surface area contributed by atoms with Crippen LogP contribution in [0.4, 0.5) is 11.4 Å². The van der Waals surface area contributed by atoms with Crippen molar-refractivity contribution in [2.24, 2.45) is 0 Å². The Morgan fingerprint density at radius 2 is 1.61 bits per heavy atom. The van der Waals surface area contributed by atoms with Crippen molar-refractivity contribution >= 4 is 23.3 Å². The van der Waals surface area contributed by atoms with Gasteiger partial charge in [0.1, 0.15) is 0 Å². The Morgan fingerprint density at radius 1 is 1.00 bits per heavy atom. The van der Waals surface area contributed by atoms with Crippen molar-refractivity contribution in [2.75, 3.05) is 17.2 Å². The molecule has 2 aromatic carbocycles. The standard InChI is InChI=1S/C18H20N2O3/c1-3-23-18(22)17(14-7-5-4-6-8-14)20-16-11-9-15(10-12-16)19-13(2)21/h4-12,17,20H,3H2,1-2H3,(H,19,21)/t17-/m1/s1. The molecule has 0 heterocycles. The van der Waals surface area contributed by atoms with Gasteiger partial charge in [-0.3, -0.25) is 4.79 Å². The van der Waals surface area contributed by atoms with Gasteiger partial charge in [0, 0.05) is 18.3 Å². The lowest BCUT2D eigenvalue weighted by atomic mass is 10.1. The van der Waals surface area contributed by atoms with Crippen LogP contribution in [-0.4, -0.2) is 18.5 Å². The van der Waals surface area contributed by atoms with Crippen LogP contribution in [0, 0.1) is 0 Å². The molecule has 120 valence electrons. The van der Waals surface area contributed by atoms with Crippen LogP contribution >= 0.6 is 0 Å². The molecule has 0 aromatic heterocycles. The number of hydrogen-bond donors (Lipinski definition) is 2. The first-order chi connectivity index (χ1) is 11.1. The van der Waals surface area contributed by atoms with Crippen molar-refractivity contribution in [1.29, 1.82) is 0 Å². The Morgan fingerprint density at radius 3 is 2.17 bits per heavy atom. The fourth-order valence-electron chi connectivity index (χ4n) is 2.17. The van der Waals surface area contributed by atoms with E-state index in [1.54, 1.807) is 31.2 Å². The monoisotopic (exact) mass is 312 g/mol. The average molecular weight is 312 g/mol. The number of carbonyl (C=O) groups is 2. The number of rotatable bonds is 6. The highest BCUT2D eigenvalue weighted by Crippen LogP contribution is 2.22. The largest absolute Gasteiger partial charge is 0.464 e. The highest BCUT2D eigenvalue weighted by molar-refractivity contribution is 5.89. The maximum atomic E-state index is 12.2. The van der Waals surface area contributed by atoms with E-state index in [9.17, 15) is 9.59 Å². The summed E-state index contributed by atoms with van der Waals surface area (Å²) >= 11 is 0. The summed E-state index contributed by atoms with van der Waals surface area (Å²) in [6, 6.07) is 16.0. The topological polar surface area (TPSA) is 67.4 Å². The second kappa shape index (κ2) is 7.98. The molecule has 1 amide bonds. The van der Waals surface area contributed by atoms with E-state index in [2.05, 4.69) is 10.6 Å². The van der Waals surface area contributed by atoms with E-state index in [4.69, 9.17) is 4.74 Å². The third kappa shape index (κ3) is 4.85. The summed E-state index contributed by atoms with van der Waals surface area (Å²) in [5, 5.41) is 5.87. The van der Waals surface area contributed by atoms with Gasteiger partial charge in [-0.2, -0.15) is 0 Å². The first-order valence-electron chi connectivity index (χ1n) is 7.46. The first kappa shape index (κ1) is 16.5. The number of benzene rings is 2. The molecular weight excluding hydrogens is 292 g/mol. The van der Waals surface area contributed by atoms with Crippen molar-refractivity contribution in [2.45, 2.75) is 19.9 Å². The van der Waals surface area contributed by atoms with Crippen LogP contribution in [0.15, 0.2) is 54.6 Å². The smallest absolute Gasteiger partial charge is 0.333 e. The van der Waals surface area contributed by atoms with Crippen LogP contribution in [0.3, 0.4) is 0 Å². The number of ether oxygens (including phenoxy) is 1. The minimum absolute atomic E-state index is 0.126. The molecule has 2 rings (SSSR count). The Kier molecular flexibility index (Phi) is 5.74. The predicted molar refractivity (Wildman–Crippen MR) is 90.2 cm³/mol. The van der Waals surface area contributed by atoms with Crippen LogP contribution in [0.2, 0.25) is 0 Å². The van der Waals surface area contributed by atoms with Gasteiger partial charge in [0.05, 0.1) is 6.61 Å². The lowest BCUT2D eigenvalue weighted by molar-refractivity contribution is -0.144. The zero-order chi connectivity index (χ0) is 16.7. The maximum Gasteiger partial charge on any atom is 0.333 e. The number of anilines is 2. The predicted octanol–water partition coefficient (Wildman–Crippen LogP) is 3.36. The summed E-state index contributed by atoms with van der Waals surface area (Å²) in [5.74, 6) is -0.455. The van der Waals surface area contributed by atoms with Gasteiger partial charge in [0.2, 0.25) is 5.91 Å². The van der Waals surface area contributed by atoms with Crippen molar-refractivity contribution in [3.8, 4) is 0 Å². The normalized spacial score (nSPS) is 11.4. The van der Waals surface area contributed by atoms with Gasteiger partial charge in [-0.25, -0.2) is 4.79 Å². The zero-order valence-corrected chi connectivity index (χ0v) is 13.2. The van der Waals surface area contributed by atoms with E-state index in [0.717, 1.165) is 11.3 Å². The van der Waals surface area contributed by atoms with Crippen molar-refractivity contribution < 1.29 is 14.3 Å². The molecule has 0 aliphatic rings. The van der Waals surface area contributed by atoms with E-state index < -0.39 is 6.04 Å². The van der Waals surface area contributed by atoms with E-state index in [0.29, 0.717) is 12.3 Å². The first-order valence-corrected chi connectivity index (χ1v) is 7.46. The Hall–Kier alpha value is -2.82. The van der Waals surface area contributed by atoms with Crippen LogP contribution in [-0.2, 0) is 14.3 Å². The molecule has 23 heavy (non-hydrogen) atoms. The van der Waals surface area contributed by atoms with Crippen LogP contribution in [0.1, 0.15) is 25.5 Å². The highest BCUT2D eigenvalue weighted by atomic mass is 16.5. The van der Waals surface area contributed by atoms with Crippen LogP contribution < -0.4 is 10.6 Å². The van der Waals surface area contributed by atoms with Gasteiger partial charge in [0.25, 0.3) is 0 Å². The lowest BCUT2D eigenvalue weighted by Crippen LogP contribution is -2.23. The number of esters is 1. The van der Waals surface area contributed by atoms with Gasteiger partial charge >= 0.3 is 5.97 Å². The fourth-order valence-corrected chi connectivity index (χ4v) is 2.17. The molecule has 0 unspecified atom stereocenters. The van der Waals surface area contributed by atoms with Crippen LogP contribution in [0.5, 0.6) is 0 Å².